The van der Waals surface area contributed by atoms with Crippen molar-refractivity contribution in [2.75, 3.05) is 0 Å². The zero-order chi connectivity index (χ0) is 14.6. The van der Waals surface area contributed by atoms with Gasteiger partial charge >= 0.3 is 5.97 Å². The Hall–Kier alpha value is -2.17. The first-order valence-electron chi connectivity index (χ1n) is 6.74. The Labute approximate surface area is 117 Å². The van der Waals surface area contributed by atoms with Crippen molar-refractivity contribution in [2.45, 2.75) is 38.1 Å². The molecular weight excluding hydrogens is 256 g/mol. The quantitative estimate of drug-likeness (QED) is 0.807. The largest absolute Gasteiger partial charge is 0.478 e. The predicted molar refractivity (Wildman–Crippen MR) is 75.2 cm³/mol. The van der Waals surface area contributed by atoms with Crippen LogP contribution in [0.2, 0.25) is 0 Å². The number of hydrogen-bond donors (Lipinski definition) is 2. The van der Waals surface area contributed by atoms with Crippen LogP contribution in [0.25, 0.3) is 6.08 Å². The maximum atomic E-state index is 12.1. The number of carbonyl (C=O) groups excluding carboxylic acids is 1. The maximum Gasteiger partial charge on any atom is 0.328 e. The number of carbonyl (C=O) groups is 2. The summed E-state index contributed by atoms with van der Waals surface area (Å²) in [5, 5.41) is 11.6. The van der Waals surface area contributed by atoms with Gasteiger partial charge in [-0.05, 0) is 43.4 Å². The van der Waals surface area contributed by atoms with Gasteiger partial charge in [0.1, 0.15) is 5.69 Å². The van der Waals surface area contributed by atoms with Crippen molar-refractivity contribution in [1.29, 1.82) is 0 Å². The Bertz CT molecular complexity index is 525. The number of pyridine rings is 1. The van der Waals surface area contributed by atoms with Crippen LogP contribution >= 0.6 is 0 Å². The summed E-state index contributed by atoms with van der Waals surface area (Å²) >= 11 is 0. The lowest BCUT2D eigenvalue weighted by Crippen LogP contribution is -2.53. The van der Waals surface area contributed by atoms with Crippen LogP contribution in [0.5, 0.6) is 0 Å². The van der Waals surface area contributed by atoms with Crippen molar-refractivity contribution in [3.8, 4) is 0 Å². The molecule has 106 valence electrons. The fraction of sp³-hybridized carbons (Fsp3) is 0.400. The van der Waals surface area contributed by atoms with Gasteiger partial charge < -0.3 is 10.4 Å². The lowest BCUT2D eigenvalue weighted by atomic mass is 9.75. The summed E-state index contributed by atoms with van der Waals surface area (Å²) in [4.78, 5) is 26.6. The van der Waals surface area contributed by atoms with Gasteiger partial charge in [-0.2, -0.15) is 0 Å². The average Bonchev–Trinajstić information content (AvgIpc) is 2.41. The van der Waals surface area contributed by atoms with Crippen LogP contribution in [0.1, 0.15) is 48.7 Å². The van der Waals surface area contributed by atoms with Crippen LogP contribution in [-0.4, -0.2) is 27.5 Å². The van der Waals surface area contributed by atoms with Crippen LogP contribution in [0, 0.1) is 0 Å². The van der Waals surface area contributed by atoms with Gasteiger partial charge in [-0.1, -0.05) is 13.0 Å². The third kappa shape index (κ3) is 3.23. The molecule has 1 amide bonds. The zero-order valence-corrected chi connectivity index (χ0v) is 11.4. The number of amides is 1. The summed E-state index contributed by atoms with van der Waals surface area (Å²) in [7, 11) is 0. The van der Waals surface area contributed by atoms with E-state index in [9.17, 15) is 9.59 Å². The molecule has 0 atom stereocenters. The fourth-order valence-corrected chi connectivity index (χ4v) is 2.28. The molecule has 5 heteroatoms. The first-order chi connectivity index (χ1) is 9.54. The Morgan fingerprint density at radius 2 is 2.20 bits per heavy atom. The van der Waals surface area contributed by atoms with E-state index in [-0.39, 0.29) is 11.4 Å². The molecule has 0 bridgehead atoms. The van der Waals surface area contributed by atoms with Crippen molar-refractivity contribution in [3.05, 3.63) is 35.7 Å². The molecule has 0 unspecified atom stereocenters. The molecule has 1 aromatic rings. The van der Waals surface area contributed by atoms with Gasteiger partial charge in [-0.3, -0.25) is 9.78 Å². The second-order valence-electron chi connectivity index (χ2n) is 5.09. The standard InChI is InChI=1S/C15H18N2O3/c1-2-15(8-3-9-15)17-14(20)12-6-4-11(10-16-12)5-7-13(18)19/h4-7,10H,2-3,8-9H2,1H3,(H,17,20)(H,18,19)/b7-5+. The van der Waals surface area contributed by atoms with E-state index in [1.165, 1.54) is 12.3 Å². The van der Waals surface area contributed by atoms with Crippen LogP contribution in [0.4, 0.5) is 0 Å². The first kappa shape index (κ1) is 14.2. The molecule has 0 spiro atoms. The van der Waals surface area contributed by atoms with E-state index in [4.69, 9.17) is 5.11 Å². The highest BCUT2D eigenvalue weighted by atomic mass is 16.4. The van der Waals surface area contributed by atoms with Crippen LogP contribution in [0.3, 0.4) is 0 Å². The van der Waals surface area contributed by atoms with Gasteiger partial charge in [0.25, 0.3) is 5.91 Å². The highest BCUT2D eigenvalue weighted by Crippen LogP contribution is 2.34. The number of nitrogens with zero attached hydrogens (tertiary/aromatic N) is 1. The second kappa shape index (κ2) is 5.86. The fourth-order valence-electron chi connectivity index (χ4n) is 2.28. The molecule has 1 aliphatic carbocycles. The van der Waals surface area contributed by atoms with E-state index >= 15 is 0 Å². The number of nitrogens with one attached hydrogen (secondary N) is 1. The van der Waals surface area contributed by atoms with E-state index in [1.54, 1.807) is 12.1 Å². The van der Waals surface area contributed by atoms with Crippen molar-refractivity contribution in [1.82, 2.24) is 10.3 Å². The SMILES string of the molecule is CCC1(NC(=O)c2ccc(/C=C/C(=O)O)cn2)CCC1. The summed E-state index contributed by atoms with van der Waals surface area (Å²) in [6, 6.07) is 3.29. The highest BCUT2D eigenvalue weighted by Gasteiger charge is 2.36. The number of aliphatic carboxylic acids is 1. The monoisotopic (exact) mass is 274 g/mol. The molecule has 0 radical (unpaired) electrons. The molecule has 1 aliphatic rings. The second-order valence-corrected chi connectivity index (χ2v) is 5.09. The summed E-state index contributed by atoms with van der Waals surface area (Å²) in [5.41, 5.74) is 0.954. The molecule has 2 N–H and O–H groups in total. The van der Waals surface area contributed by atoms with Crippen molar-refractivity contribution >= 4 is 18.0 Å². The zero-order valence-electron chi connectivity index (χ0n) is 11.4. The van der Waals surface area contributed by atoms with E-state index in [1.807, 2.05) is 0 Å². The summed E-state index contributed by atoms with van der Waals surface area (Å²) in [6.45, 7) is 2.08. The average molecular weight is 274 g/mol. The first-order valence-corrected chi connectivity index (χ1v) is 6.74. The minimum atomic E-state index is -1.01. The van der Waals surface area contributed by atoms with Gasteiger partial charge in [-0.15, -0.1) is 0 Å². The molecule has 1 saturated carbocycles. The molecule has 1 heterocycles. The normalized spacial score (nSPS) is 16.6. The van der Waals surface area contributed by atoms with Crippen LogP contribution in [-0.2, 0) is 4.79 Å². The number of aromatic nitrogens is 1. The number of rotatable bonds is 5. The maximum absolute atomic E-state index is 12.1. The number of hydrogen-bond acceptors (Lipinski definition) is 3. The smallest absolute Gasteiger partial charge is 0.328 e. The lowest BCUT2D eigenvalue weighted by molar-refractivity contribution is -0.131. The molecule has 1 aromatic heterocycles. The molecule has 0 saturated heterocycles. The van der Waals surface area contributed by atoms with Gasteiger partial charge in [-0.25, -0.2) is 4.79 Å². The minimum absolute atomic E-state index is 0.0549. The number of carboxylic acids is 1. The van der Waals surface area contributed by atoms with E-state index in [0.717, 1.165) is 31.8 Å². The Morgan fingerprint density at radius 3 is 2.65 bits per heavy atom. The van der Waals surface area contributed by atoms with Crippen molar-refractivity contribution in [2.24, 2.45) is 0 Å². The summed E-state index contributed by atoms with van der Waals surface area (Å²) < 4.78 is 0. The van der Waals surface area contributed by atoms with E-state index < -0.39 is 5.97 Å². The lowest BCUT2D eigenvalue weighted by Gasteiger charge is -2.41. The van der Waals surface area contributed by atoms with Crippen molar-refractivity contribution in [3.63, 3.8) is 0 Å². The molecule has 5 nitrogen and oxygen atoms in total. The van der Waals surface area contributed by atoms with Crippen LogP contribution in [0.15, 0.2) is 24.4 Å². The van der Waals surface area contributed by atoms with Crippen molar-refractivity contribution < 1.29 is 14.7 Å². The van der Waals surface area contributed by atoms with Gasteiger partial charge in [0.15, 0.2) is 0 Å². The summed E-state index contributed by atoms with van der Waals surface area (Å²) in [6.07, 6.45) is 8.10. The number of carboxylic acid groups (broad SMARTS) is 1. The van der Waals surface area contributed by atoms with Gasteiger partial charge in [0.2, 0.25) is 0 Å². The molecule has 1 fully saturated rings. The Morgan fingerprint density at radius 1 is 1.45 bits per heavy atom. The Balaban J connectivity index is 2.02. The summed E-state index contributed by atoms with van der Waals surface area (Å²) in [5.74, 6) is -1.18. The topological polar surface area (TPSA) is 79.3 Å². The van der Waals surface area contributed by atoms with Gasteiger partial charge in [0.05, 0.1) is 0 Å². The Kier molecular flexibility index (Phi) is 4.17. The third-order valence-electron chi connectivity index (χ3n) is 3.80. The molecule has 20 heavy (non-hydrogen) atoms. The minimum Gasteiger partial charge on any atom is -0.478 e. The molecule has 0 aliphatic heterocycles. The van der Waals surface area contributed by atoms with Crippen LogP contribution < -0.4 is 5.32 Å². The molecule has 2 rings (SSSR count). The predicted octanol–water partition coefficient (Wildman–Crippen LogP) is 2.24. The third-order valence-corrected chi connectivity index (χ3v) is 3.80. The van der Waals surface area contributed by atoms with Gasteiger partial charge in [0, 0.05) is 17.8 Å². The van der Waals surface area contributed by atoms with E-state index in [2.05, 4.69) is 17.2 Å². The molecule has 0 aromatic carbocycles. The van der Waals surface area contributed by atoms with E-state index in [0.29, 0.717) is 11.3 Å². The molecular formula is C15H18N2O3. The highest BCUT2D eigenvalue weighted by molar-refractivity contribution is 5.93.